The zero-order valence-corrected chi connectivity index (χ0v) is 18.2. The van der Waals surface area contributed by atoms with Crippen molar-refractivity contribution in [1.82, 2.24) is 14.8 Å². The normalized spacial score (nSPS) is 14.0. The van der Waals surface area contributed by atoms with Crippen LogP contribution >= 0.6 is 11.8 Å². The number of benzene rings is 1. The van der Waals surface area contributed by atoms with E-state index in [1.165, 1.54) is 12.8 Å². The molecule has 4 heterocycles. The summed E-state index contributed by atoms with van der Waals surface area (Å²) in [6.07, 6.45) is 4.92. The quantitative estimate of drug-likeness (QED) is 0.312. The fourth-order valence-electron chi connectivity index (χ4n) is 3.99. The van der Waals surface area contributed by atoms with Crippen LogP contribution in [0.25, 0.3) is 11.0 Å². The molecule has 4 aromatic rings. The lowest BCUT2D eigenvalue weighted by molar-refractivity contribution is 0.483. The van der Waals surface area contributed by atoms with Gasteiger partial charge in [0.2, 0.25) is 5.95 Å². The van der Waals surface area contributed by atoms with Gasteiger partial charge < -0.3 is 13.7 Å². The minimum absolute atomic E-state index is 0.328. The Bertz CT molecular complexity index is 1240. The Morgan fingerprint density at radius 2 is 2.00 bits per heavy atom. The van der Waals surface area contributed by atoms with Gasteiger partial charge in [0.15, 0.2) is 5.16 Å². The molecule has 1 aliphatic heterocycles. The lowest BCUT2D eigenvalue weighted by atomic mass is 10.1. The molecule has 1 aromatic carbocycles. The third kappa shape index (κ3) is 4.12. The van der Waals surface area contributed by atoms with Crippen LogP contribution in [0, 0.1) is 0 Å². The molecule has 0 bridgehead atoms. The van der Waals surface area contributed by atoms with Crippen LogP contribution in [-0.4, -0.2) is 27.9 Å². The molecule has 0 spiro atoms. The number of rotatable bonds is 7. The summed E-state index contributed by atoms with van der Waals surface area (Å²) in [5.41, 5.74) is 2.39. The summed E-state index contributed by atoms with van der Waals surface area (Å²) in [6, 6.07) is 11.5. The Morgan fingerprint density at radius 1 is 1.13 bits per heavy atom. The van der Waals surface area contributed by atoms with E-state index in [4.69, 9.17) is 8.83 Å². The van der Waals surface area contributed by atoms with Gasteiger partial charge in [-0.25, -0.2) is 4.79 Å². The second-order valence-electron chi connectivity index (χ2n) is 7.71. The Morgan fingerprint density at radius 3 is 2.77 bits per heavy atom. The number of aromatic nitrogens is 3. The molecular weight excluding hydrogens is 412 g/mol. The molecule has 5 rings (SSSR count). The standard InChI is InChI=1S/C23H24N4O3S/c1-2-16-7-8-19-17(13-21(28)30-20(19)12-16)15-31-23-25-24-22(26-9-3-4-10-26)27(23)14-18-6-5-11-29-18/h5-8,11-13H,2-4,9-10,14-15H2,1H3. The van der Waals surface area contributed by atoms with Crippen LogP contribution in [0.15, 0.2) is 61.4 Å². The highest BCUT2D eigenvalue weighted by molar-refractivity contribution is 7.98. The molecule has 7 nitrogen and oxygen atoms in total. The maximum atomic E-state index is 12.1. The van der Waals surface area contributed by atoms with Crippen molar-refractivity contribution < 1.29 is 8.83 Å². The average molecular weight is 437 g/mol. The molecule has 0 aliphatic carbocycles. The van der Waals surface area contributed by atoms with E-state index in [2.05, 4.69) is 32.7 Å². The third-order valence-corrected chi connectivity index (χ3v) is 6.66. The zero-order chi connectivity index (χ0) is 21.2. The highest BCUT2D eigenvalue weighted by Gasteiger charge is 2.22. The molecule has 0 atom stereocenters. The predicted octanol–water partition coefficient (Wildman–Crippen LogP) is 4.48. The van der Waals surface area contributed by atoms with Gasteiger partial charge in [-0.2, -0.15) is 0 Å². The van der Waals surface area contributed by atoms with Gasteiger partial charge >= 0.3 is 5.63 Å². The first-order valence-corrected chi connectivity index (χ1v) is 11.6. The van der Waals surface area contributed by atoms with Crippen molar-refractivity contribution in [2.45, 2.75) is 43.6 Å². The number of furan rings is 1. The van der Waals surface area contributed by atoms with Gasteiger partial charge in [-0.15, -0.1) is 10.2 Å². The van der Waals surface area contributed by atoms with Gasteiger partial charge in [-0.3, -0.25) is 4.57 Å². The Balaban J connectivity index is 1.46. The van der Waals surface area contributed by atoms with E-state index in [0.717, 1.165) is 52.9 Å². The smallest absolute Gasteiger partial charge is 0.336 e. The fourth-order valence-corrected chi connectivity index (χ4v) is 4.92. The monoisotopic (exact) mass is 436 g/mol. The third-order valence-electron chi connectivity index (χ3n) is 5.64. The van der Waals surface area contributed by atoms with Gasteiger partial charge in [0, 0.05) is 30.3 Å². The van der Waals surface area contributed by atoms with Gasteiger partial charge in [0.05, 0.1) is 12.8 Å². The maximum absolute atomic E-state index is 12.1. The number of hydrogen-bond acceptors (Lipinski definition) is 7. The average Bonchev–Trinajstić information content (AvgIpc) is 3.54. The number of fused-ring (bicyclic) bond motifs is 1. The van der Waals surface area contributed by atoms with Crippen molar-refractivity contribution in [2.75, 3.05) is 18.0 Å². The second kappa shape index (κ2) is 8.63. The second-order valence-corrected chi connectivity index (χ2v) is 8.65. The molecule has 0 saturated carbocycles. The number of aryl methyl sites for hydroxylation is 1. The van der Waals surface area contributed by atoms with Crippen LogP contribution in [0.5, 0.6) is 0 Å². The molecule has 0 amide bonds. The van der Waals surface area contributed by atoms with Gasteiger partial charge in [0.25, 0.3) is 0 Å². The van der Waals surface area contributed by atoms with Crippen molar-refractivity contribution in [2.24, 2.45) is 0 Å². The predicted molar refractivity (Wildman–Crippen MR) is 121 cm³/mol. The lowest BCUT2D eigenvalue weighted by Crippen LogP contribution is -2.22. The maximum Gasteiger partial charge on any atom is 0.336 e. The van der Waals surface area contributed by atoms with E-state index in [9.17, 15) is 4.79 Å². The SMILES string of the molecule is CCc1ccc2c(CSc3nnc(N4CCCC4)n3Cc3ccco3)cc(=O)oc2c1. The summed E-state index contributed by atoms with van der Waals surface area (Å²) in [4.78, 5) is 14.4. The molecule has 3 aromatic heterocycles. The van der Waals surface area contributed by atoms with E-state index in [1.807, 2.05) is 24.3 Å². The van der Waals surface area contributed by atoms with E-state index in [0.29, 0.717) is 17.9 Å². The molecule has 0 radical (unpaired) electrons. The molecule has 0 unspecified atom stereocenters. The summed E-state index contributed by atoms with van der Waals surface area (Å²) >= 11 is 1.58. The van der Waals surface area contributed by atoms with Crippen molar-refractivity contribution >= 4 is 28.7 Å². The zero-order valence-electron chi connectivity index (χ0n) is 17.4. The molecule has 31 heavy (non-hydrogen) atoms. The van der Waals surface area contributed by atoms with Crippen molar-refractivity contribution in [3.05, 3.63) is 70.0 Å². The molecule has 160 valence electrons. The summed E-state index contributed by atoms with van der Waals surface area (Å²) < 4.78 is 13.1. The van der Waals surface area contributed by atoms with Crippen molar-refractivity contribution in [1.29, 1.82) is 0 Å². The van der Waals surface area contributed by atoms with E-state index in [-0.39, 0.29) is 5.63 Å². The van der Waals surface area contributed by atoms with Gasteiger partial charge in [-0.1, -0.05) is 30.8 Å². The first-order chi connectivity index (χ1) is 15.2. The highest BCUT2D eigenvalue weighted by Crippen LogP contribution is 2.30. The summed E-state index contributed by atoms with van der Waals surface area (Å²) in [7, 11) is 0. The summed E-state index contributed by atoms with van der Waals surface area (Å²) in [5, 5.41) is 10.7. The first kappa shape index (κ1) is 19.9. The number of hydrogen-bond donors (Lipinski definition) is 0. The molecule has 1 aliphatic rings. The van der Waals surface area contributed by atoms with Crippen LogP contribution in [0.1, 0.15) is 36.7 Å². The lowest BCUT2D eigenvalue weighted by Gasteiger charge is -2.17. The fraction of sp³-hybridized carbons (Fsp3) is 0.348. The molecule has 8 heteroatoms. The molecule has 0 N–H and O–H groups in total. The van der Waals surface area contributed by atoms with E-state index >= 15 is 0 Å². The Kier molecular flexibility index (Phi) is 5.55. The van der Waals surface area contributed by atoms with Crippen LogP contribution < -0.4 is 10.5 Å². The highest BCUT2D eigenvalue weighted by atomic mass is 32.2. The van der Waals surface area contributed by atoms with Crippen molar-refractivity contribution in [3.8, 4) is 0 Å². The summed E-state index contributed by atoms with van der Waals surface area (Å²) in [6.45, 7) is 4.64. The van der Waals surface area contributed by atoms with Crippen molar-refractivity contribution in [3.63, 3.8) is 0 Å². The Hall–Kier alpha value is -3.00. The number of nitrogens with zero attached hydrogens (tertiary/aromatic N) is 4. The number of thioether (sulfide) groups is 1. The van der Waals surface area contributed by atoms with E-state index in [1.54, 1.807) is 24.1 Å². The van der Waals surface area contributed by atoms with E-state index < -0.39 is 0 Å². The first-order valence-electron chi connectivity index (χ1n) is 10.6. The van der Waals surface area contributed by atoms with Gasteiger partial charge in [-0.05, 0) is 48.6 Å². The molecule has 1 fully saturated rings. The van der Waals surface area contributed by atoms with Crippen LogP contribution in [0.4, 0.5) is 5.95 Å². The topological polar surface area (TPSA) is 77.3 Å². The van der Waals surface area contributed by atoms with Crippen LogP contribution in [-0.2, 0) is 18.7 Å². The van der Waals surface area contributed by atoms with Crippen LogP contribution in [0.2, 0.25) is 0 Å². The summed E-state index contributed by atoms with van der Waals surface area (Å²) in [5.74, 6) is 2.34. The minimum atomic E-state index is -0.328. The molecule has 1 saturated heterocycles. The minimum Gasteiger partial charge on any atom is -0.467 e. The number of anilines is 1. The molecular formula is C23H24N4O3S. The van der Waals surface area contributed by atoms with Crippen LogP contribution in [0.3, 0.4) is 0 Å². The largest absolute Gasteiger partial charge is 0.467 e. The van der Waals surface area contributed by atoms with Gasteiger partial charge in [0.1, 0.15) is 11.3 Å². The Labute approximate surface area is 184 Å².